The average molecular weight is 390 g/mol. The van der Waals surface area contributed by atoms with Crippen LogP contribution >= 0.6 is 15.9 Å². The van der Waals surface area contributed by atoms with E-state index in [4.69, 9.17) is 5.73 Å². The normalized spacial score (nSPS) is 17.9. The molecule has 1 amide bonds. The van der Waals surface area contributed by atoms with Crippen molar-refractivity contribution in [3.63, 3.8) is 0 Å². The lowest BCUT2D eigenvalue weighted by atomic mass is 10.1. The number of benzene rings is 1. The lowest BCUT2D eigenvalue weighted by Crippen LogP contribution is -2.35. The van der Waals surface area contributed by atoms with E-state index in [1.54, 1.807) is 0 Å². The molecule has 1 atom stereocenters. The maximum atomic E-state index is 11.3. The maximum absolute atomic E-state index is 11.3. The molecule has 0 unspecified atom stereocenters. The van der Waals surface area contributed by atoms with Crippen molar-refractivity contribution < 1.29 is 9.90 Å². The third-order valence-electron chi connectivity index (χ3n) is 4.52. The van der Waals surface area contributed by atoms with Gasteiger partial charge in [0.05, 0.1) is 11.0 Å². The van der Waals surface area contributed by atoms with Gasteiger partial charge in [0.2, 0.25) is 0 Å². The lowest BCUT2D eigenvalue weighted by molar-refractivity contribution is 0.140. The number of pyridine rings is 1. The number of likely N-dealkylation sites (tertiary alicyclic amines) is 1. The van der Waals surface area contributed by atoms with E-state index in [9.17, 15) is 9.90 Å². The first-order valence-electron chi connectivity index (χ1n) is 7.76. The second-order valence-electron chi connectivity index (χ2n) is 6.04. The van der Waals surface area contributed by atoms with Gasteiger partial charge in [0.25, 0.3) is 0 Å². The number of nitrogens with zero attached hydrogens (tertiary/aromatic N) is 3. The molecule has 24 heavy (non-hydrogen) atoms. The van der Waals surface area contributed by atoms with Gasteiger partial charge in [-0.15, -0.1) is 0 Å². The Labute approximate surface area is 146 Å². The molecule has 0 radical (unpaired) electrons. The lowest BCUT2D eigenvalue weighted by Gasteiger charge is -2.20. The van der Waals surface area contributed by atoms with Crippen molar-refractivity contribution >= 4 is 49.8 Å². The fraction of sp³-hybridized carbons (Fsp3) is 0.312. The molecular formula is C16H16BrN5O2. The molecule has 1 aliphatic heterocycles. The van der Waals surface area contributed by atoms with Crippen LogP contribution in [0.2, 0.25) is 0 Å². The Hall–Kier alpha value is -2.35. The van der Waals surface area contributed by atoms with Crippen LogP contribution in [0.1, 0.15) is 18.7 Å². The minimum absolute atomic E-state index is 0.0438. The monoisotopic (exact) mass is 389 g/mol. The Morgan fingerprint density at radius 3 is 3.08 bits per heavy atom. The molecule has 4 rings (SSSR count). The summed E-state index contributed by atoms with van der Waals surface area (Å²) in [5, 5.41) is 10.2. The van der Waals surface area contributed by atoms with Gasteiger partial charge in [0.15, 0.2) is 5.82 Å². The van der Waals surface area contributed by atoms with E-state index in [2.05, 4.69) is 30.9 Å². The van der Waals surface area contributed by atoms with Crippen LogP contribution in [0.5, 0.6) is 0 Å². The Morgan fingerprint density at radius 2 is 2.29 bits per heavy atom. The highest BCUT2D eigenvalue weighted by atomic mass is 79.9. The molecule has 3 heterocycles. The summed E-state index contributed by atoms with van der Waals surface area (Å²) >= 11 is 3.44. The highest BCUT2D eigenvalue weighted by molar-refractivity contribution is 9.10. The summed E-state index contributed by atoms with van der Waals surface area (Å²) in [6, 6.07) is 5.78. The number of fused-ring (bicyclic) bond motifs is 3. The second kappa shape index (κ2) is 5.62. The molecule has 0 bridgehead atoms. The number of H-pyrrole nitrogens is 1. The number of carboxylic acid groups (broad SMARTS) is 1. The maximum Gasteiger partial charge on any atom is 0.407 e. The number of aromatic nitrogens is 3. The number of amides is 1. The van der Waals surface area contributed by atoms with Crippen LogP contribution in [0.4, 0.5) is 10.6 Å². The molecule has 0 saturated carbocycles. The molecule has 7 nitrogen and oxygen atoms in total. The van der Waals surface area contributed by atoms with E-state index in [1.807, 2.05) is 18.2 Å². The largest absolute Gasteiger partial charge is 0.465 e. The standard InChI is InChI=1S/C16H16BrN5O2/c17-8-3-4-10-11(6-8)19-15(18)14-13(10)20-12(21-14)7-9-2-1-5-22(9)16(23)24/h3-4,6,9H,1-2,5,7H2,(H2,18,19)(H,20,21)(H,23,24)/t9-/m0/s1. The van der Waals surface area contributed by atoms with Gasteiger partial charge < -0.3 is 20.7 Å². The highest BCUT2D eigenvalue weighted by Crippen LogP contribution is 2.29. The number of anilines is 1. The van der Waals surface area contributed by atoms with Gasteiger partial charge in [-0.25, -0.2) is 14.8 Å². The van der Waals surface area contributed by atoms with Gasteiger partial charge in [0, 0.05) is 28.9 Å². The smallest absolute Gasteiger partial charge is 0.407 e. The van der Waals surface area contributed by atoms with Crippen LogP contribution in [-0.4, -0.2) is 43.6 Å². The predicted molar refractivity (Wildman–Crippen MR) is 95.0 cm³/mol. The predicted octanol–water partition coefficient (Wildman–Crippen LogP) is 3.14. The molecule has 8 heteroatoms. The molecule has 1 saturated heterocycles. The zero-order valence-corrected chi connectivity index (χ0v) is 14.4. The van der Waals surface area contributed by atoms with Crippen molar-refractivity contribution in [1.82, 2.24) is 19.9 Å². The van der Waals surface area contributed by atoms with Crippen molar-refractivity contribution in [1.29, 1.82) is 0 Å². The van der Waals surface area contributed by atoms with Crippen LogP contribution in [-0.2, 0) is 6.42 Å². The molecule has 1 aliphatic rings. The fourth-order valence-electron chi connectivity index (χ4n) is 3.41. The minimum atomic E-state index is -0.870. The minimum Gasteiger partial charge on any atom is -0.465 e. The average Bonchev–Trinajstić information content (AvgIpc) is 3.14. The fourth-order valence-corrected chi connectivity index (χ4v) is 3.76. The van der Waals surface area contributed by atoms with E-state index in [-0.39, 0.29) is 6.04 Å². The number of imidazole rings is 1. The number of hydrogen-bond donors (Lipinski definition) is 3. The Balaban J connectivity index is 1.76. The van der Waals surface area contributed by atoms with Crippen molar-refractivity contribution in [2.45, 2.75) is 25.3 Å². The third-order valence-corrected chi connectivity index (χ3v) is 5.01. The Morgan fingerprint density at radius 1 is 1.46 bits per heavy atom. The van der Waals surface area contributed by atoms with Crippen molar-refractivity contribution in [3.05, 3.63) is 28.5 Å². The molecule has 2 aromatic heterocycles. The zero-order chi connectivity index (χ0) is 16.8. The van der Waals surface area contributed by atoms with Gasteiger partial charge >= 0.3 is 6.09 Å². The van der Waals surface area contributed by atoms with Crippen molar-refractivity contribution in [2.75, 3.05) is 12.3 Å². The summed E-state index contributed by atoms with van der Waals surface area (Å²) in [6.07, 6.45) is 1.42. The van der Waals surface area contributed by atoms with E-state index < -0.39 is 6.09 Å². The highest BCUT2D eigenvalue weighted by Gasteiger charge is 2.29. The van der Waals surface area contributed by atoms with Gasteiger partial charge in [-0.05, 0) is 31.0 Å². The number of rotatable bonds is 2. The van der Waals surface area contributed by atoms with Crippen molar-refractivity contribution in [2.24, 2.45) is 0 Å². The molecule has 1 aromatic carbocycles. The zero-order valence-electron chi connectivity index (χ0n) is 12.8. The number of nitrogen functional groups attached to an aromatic ring is 1. The number of nitrogens with two attached hydrogens (primary N) is 1. The number of nitrogens with one attached hydrogen (secondary N) is 1. The van der Waals surface area contributed by atoms with Crippen LogP contribution in [0.15, 0.2) is 22.7 Å². The number of aromatic amines is 1. The van der Waals surface area contributed by atoms with E-state index in [1.165, 1.54) is 4.90 Å². The summed E-state index contributed by atoms with van der Waals surface area (Å²) in [4.78, 5) is 25.1. The van der Waals surface area contributed by atoms with E-state index >= 15 is 0 Å². The number of halogens is 1. The summed E-state index contributed by atoms with van der Waals surface area (Å²) in [5.41, 5.74) is 8.33. The number of hydrogen-bond acceptors (Lipinski definition) is 4. The van der Waals surface area contributed by atoms with Gasteiger partial charge in [-0.2, -0.15) is 0 Å². The molecule has 4 N–H and O–H groups in total. The summed E-state index contributed by atoms with van der Waals surface area (Å²) < 4.78 is 0.934. The van der Waals surface area contributed by atoms with Crippen LogP contribution in [0.3, 0.4) is 0 Å². The van der Waals surface area contributed by atoms with Crippen LogP contribution in [0, 0.1) is 0 Å². The molecule has 124 valence electrons. The van der Waals surface area contributed by atoms with Crippen LogP contribution < -0.4 is 5.73 Å². The van der Waals surface area contributed by atoms with Gasteiger partial charge in [-0.3, -0.25) is 0 Å². The van der Waals surface area contributed by atoms with E-state index in [0.717, 1.165) is 39.6 Å². The molecule has 0 aliphatic carbocycles. The first kappa shape index (κ1) is 15.2. The van der Waals surface area contributed by atoms with Gasteiger partial charge in [-0.1, -0.05) is 15.9 Å². The molecular weight excluding hydrogens is 374 g/mol. The topological polar surface area (TPSA) is 108 Å². The second-order valence-corrected chi connectivity index (χ2v) is 6.96. The van der Waals surface area contributed by atoms with Crippen LogP contribution in [0.25, 0.3) is 21.9 Å². The molecule has 0 spiro atoms. The van der Waals surface area contributed by atoms with Gasteiger partial charge in [0.1, 0.15) is 11.3 Å². The SMILES string of the molecule is Nc1nc2cc(Br)ccc2c2[nH]c(C[C@@H]3CCCN3C(=O)O)nc12. The third kappa shape index (κ3) is 2.47. The number of carbonyl (C=O) groups is 1. The quantitative estimate of drug-likeness (QED) is 0.623. The first-order valence-corrected chi connectivity index (χ1v) is 8.55. The molecule has 1 fully saturated rings. The summed E-state index contributed by atoms with van der Waals surface area (Å²) in [5.74, 6) is 1.12. The Kier molecular flexibility index (Phi) is 3.56. The summed E-state index contributed by atoms with van der Waals surface area (Å²) in [6.45, 7) is 0.584. The molecule has 3 aromatic rings. The van der Waals surface area contributed by atoms with E-state index in [0.29, 0.717) is 24.3 Å². The summed E-state index contributed by atoms with van der Waals surface area (Å²) in [7, 11) is 0. The van der Waals surface area contributed by atoms with Crippen molar-refractivity contribution in [3.8, 4) is 0 Å². The first-order chi connectivity index (χ1) is 11.5. The Bertz CT molecular complexity index is 954.